The summed E-state index contributed by atoms with van der Waals surface area (Å²) in [6, 6.07) is 9.81. The van der Waals surface area contributed by atoms with Crippen LogP contribution < -0.4 is 31.5 Å². The van der Waals surface area contributed by atoms with Crippen LogP contribution in [0.15, 0.2) is 55.0 Å². The van der Waals surface area contributed by atoms with Crippen molar-refractivity contribution in [2.75, 3.05) is 31.9 Å². The summed E-state index contributed by atoms with van der Waals surface area (Å²) in [4.78, 5) is 44.9. The van der Waals surface area contributed by atoms with Crippen molar-refractivity contribution in [1.82, 2.24) is 26.0 Å². The highest BCUT2D eigenvalue weighted by Crippen LogP contribution is 2.33. The Morgan fingerprint density at radius 1 is 0.879 bits per heavy atom. The Labute approximate surface area is 189 Å². The number of carbonyl (C=O) groups is 3. The SMILES string of the molecule is CNC(=O)c1cnc(NNC(=O)c2cccnc2)cc1Nc1cccc(C(=O)NC)c1OC. The predicted molar refractivity (Wildman–Crippen MR) is 123 cm³/mol. The standard InChI is InChI=1S/C22H23N7O4/c1-23-21(31)14-7-4-8-16(19(14)33-3)27-17-10-18(26-12-15(17)22(32)24-2)28-29-20(30)13-6-5-9-25-11-13/h4-12H,1-3H3,(H,23,31)(H,24,32)(H,29,30)(H2,26,27,28). The molecular weight excluding hydrogens is 426 g/mol. The minimum absolute atomic E-state index is 0.244. The van der Waals surface area contributed by atoms with Crippen LogP contribution in [0.25, 0.3) is 0 Å². The highest BCUT2D eigenvalue weighted by molar-refractivity contribution is 6.02. The summed E-state index contributed by atoms with van der Waals surface area (Å²) in [6.45, 7) is 0. The summed E-state index contributed by atoms with van der Waals surface area (Å²) in [5, 5.41) is 8.23. The van der Waals surface area contributed by atoms with Gasteiger partial charge in [0.25, 0.3) is 17.7 Å². The van der Waals surface area contributed by atoms with Gasteiger partial charge >= 0.3 is 0 Å². The van der Waals surface area contributed by atoms with E-state index in [1.165, 1.54) is 33.6 Å². The summed E-state index contributed by atoms with van der Waals surface area (Å²) in [7, 11) is 4.46. The van der Waals surface area contributed by atoms with Crippen LogP contribution in [0.1, 0.15) is 31.1 Å². The first kappa shape index (κ1) is 23.0. The Morgan fingerprint density at radius 3 is 2.30 bits per heavy atom. The lowest BCUT2D eigenvalue weighted by molar-refractivity contribution is 0.0953. The number of methoxy groups -OCH3 is 1. The van der Waals surface area contributed by atoms with E-state index in [-0.39, 0.29) is 23.2 Å². The van der Waals surface area contributed by atoms with E-state index in [9.17, 15) is 14.4 Å². The van der Waals surface area contributed by atoms with E-state index < -0.39 is 5.91 Å². The number of pyridine rings is 2. The van der Waals surface area contributed by atoms with Gasteiger partial charge in [0.2, 0.25) is 0 Å². The molecule has 2 heterocycles. The predicted octanol–water partition coefficient (Wildman–Crippen LogP) is 1.70. The van der Waals surface area contributed by atoms with Crippen molar-refractivity contribution in [2.24, 2.45) is 0 Å². The molecule has 0 radical (unpaired) electrons. The van der Waals surface area contributed by atoms with Crippen molar-refractivity contribution < 1.29 is 19.1 Å². The van der Waals surface area contributed by atoms with E-state index in [0.717, 1.165) is 0 Å². The van der Waals surface area contributed by atoms with Gasteiger partial charge in [-0.3, -0.25) is 30.2 Å². The molecule has 1 aromatic carbocycles. The molecule has 0 fully saturated rings. The van der Waals surface area contributed by atoms with Crippen LogP contribution in [0.2, 0.25) is 0 Å². The zero-order valence-electron chi connectivity index (χ0n) is 18.2. The third kappa shape index (κ3) is 5.34. The van der Waals surface area contributed by atoms with Crippen LogP contribution in [-0.2, 0) is 0 Å². The molecule has 2 aromatic heterocycles. The zero-order chi connectivity index (χ0) is 23.8. The monoisotopic (exact) mass is 449 g/mol. The van der Waals surface area contributed by atoms with E-state index in [2.05, 4.69) is 36.8 Å². The number of nitrogens with zero attached hydrogens (tertiary/aromatic N) is 2. The first-order chi connectivity index (χ1) is 16.0. The third-order valence-corrected chi connectivity index (χ3v) is 4.56. The average Bonchev–Trinajstić information content (AvgIpc) is 2.86. The summed E-state index contributed by atoms with van der Waals surface area (Å²) in [5.41, 5.74) is 7.00. The first-order valence-corrected chi connectivity index (χ1v) is 9.83. The molecule has 0 bridgehead atoms. The molecule has 33 heavy (non-hydrogen) atoms. The molecular formula is C22H23N7O4. The Morgan fingerprint density at radius 2 is 1.64 bits per heavy atom. The molecule has 11 nitrogen and oxygen atoms in total. The third-order valence-electron chi connectivity index (χ3n) is 4.56. The summed E-state index contributed by atoms with van der Waals surface area (Å²) in [5.74, 6) is -0.538. The van der Waals surface area contributed by atoms with Gasteiger partial charge in [-0.05, 0) is 24.3 Å². The number of anilines is 3. The number of para-hydroxylation sites is 1. The van der Waals surface area contributed by atoms with Gasteiger partial charge in [-0.1, -0.05) is 6.07 Å². The van der Waals surface area contributed by atoms with Crippen molar-refractivity contribution in [3.63, 3.8) is 0 Å². The largest absolute Gasteiger partial charge is 0.494 e. The van der Waals surface area contributed by atoms with Crippen LogP contribution in [0.3, 0.4) is 0 Å². The van der Waals surface area contributed by atoms with Gasteiger partial charge < -0.3 is 20.7 Å². The maximum absolute atomic E-state index is 12.4. The number of hydrogen-bond donors (Lipinski definition) is 5. The van der Waals surface area contributed by atoms with Crippen molar-refractivity contribution in [3.05, 3.63) is 71.7 Å². The lowest BCUT2D eigenvalue weighted by Crippen LogP contribution is -2.30. The van der Waals surface area contributed by atoms with Gasteiger partial charge in [0, 0.05) is 38.8 Å². The smallest absolute Gasteiger partial charge is 0.271 e. The number of rotatable bonds is 8. The summed E-state index contributed by atoms with van der Waals surface area (Å²) in [6.07, 6.45) is 4.35. The highest BCUT2D eigenvalue weighted by Gasteiger charge is 2.18. The van der Waals surface area contributed by atoms with Gasteiger partial charge in [-0.2, -0.15) is 0 Å². The van der Waals surface area contributed by atoms with E-state index in [1.807, 2.05) is 0 Å². The second kappa shape index (κ2) is 10.6. The normalized spacial score (nSPS) is 10.0. The molecule has 0 atom stereocenters. The van der Waals surface area contributed by atoms with Crippen molar-refractivity contribution in [3.8, 4) is 5.75 Å². The first-order valence-electron chi connectivity index (χ1n) is 9.83. The lowest BCUT2D eigenvalue weighted by atomic mass is 10.1. The van der Waals surface area contributed by atoms with E-state index in [0.29, 0.717) is 28.3 Å². The number of nitrogens with one attached hydrogen (secondary N) is 5. The van der Waals surface area contributed by atoms with Gasteiger partial charge in [-0.15, -0.1) is 0 Å². The second-order valence-electron chi connectivity index (χ2n) is 6.61. The fourth-order valence-corrected chi connectivity index (χ4v) is 2.95. The van der Waals surface area contributed by atoms with E-state index in [4.69, 9.17) is 4.74 Å². The van der Waals surface area contributed by atoms with Crippen LogP contribution >= 0.6 is 0 Å². The molecule has 3 amide bonds. The molecule has 0 saturated carbocycles. The van der Waals surface area contributed by atoms with Gasteiger partial charge in [0.05, 0.1) is 35.2 Å². The Bertz CT molecular complexity index is 1170. The molecule has 11 heteroatoms. The lowest BCUT2D eigenvalue weighted by Gasteiger charge is -2.17. The quantitative estimate of drug-likeness (QED) is 0.327. The number of carbonyl (C=O) groups excluding carboxylic acids is 3. The Kier molecular flexibility index (Phi) is 7.37. The molecule has 0 saturated heterocycles. The van der Waals surface area contributed by atoms with Crippen molar-refractivity contribution in [1.29, 1.82) is 0 Å². The molecule has 0 aliphatic rings. The number of hydrogen-bond acceptors (Lipinski definition) is 8. The number of hydrazine groups is 1. The molecule has 0 aliphatic carbocycles. The van der Waals surface area contributed by atoms with Gasteiger partial charge in [0.15, 0.2) is 5.75 Å². The summed E-state index contributed by atoms with van der Waals surface area (Å²) < 4.78 is 5.44. The number of aromatic nitrogens is 2. The molecule has 0 aliphatic heterocycles. The minimum Gasteiger partial charge on any atom is -0.494 e. The number of ether oxygens (including phenoxy) is 1. The van der Waals surface area contributed by atoms with E-state index in [1.54, 1.807) is 42.6 Å². The minimum atomic E-state index is -0.408. The van der Waals surface area contributed by atoms with Crippen LogP contribution in [0.4, 0.5) is 17.2 Å². The number of amides is 3. The molecule has 5 N–H and O–H groups in total. The topological polar surface area (TPSA) is 146 Å². The average molecular weight is 449 g/mol. The second-order valence-corrected chi connectivity index (χ2v) is 6.61. The molecule has 3 aromatic rings. The summed E-state index contributed by atoms with van der Waals surface area (Å²) >= 11 is 0. The number of benzene rings is 1. The van der Waals surface area contributed by atoms with Crippen LogP contribution in [0, 0.1) is 0 Å². The maximum atomic E-state index is 12.4. The van der Waals surface area contributed by atoms with Crippen molar-refractivity contribution in [2.45, 2.75) is 0 Å². The fourth-order valence-electron chi connectivity index (χ4n) is 2.95. The van der Waals surface area contributed by atoms with Gasteiger partial charge in [0.1, 0.15) is 5.82 Å². The molecule has 0 spiro atoms. The maximum Gasteiger partial charge on any atom is 0.271 e. The van der Waals surface area contributed by atoms with Gasteiger partial charge in [-0.25, -0.2) is 4.98 Å². The van der Waals surface area contributed by atoms with Crippen molar-refractivity contribution >= 4 is 34.9 Å². The van der Waals surface area contributed by atoms with Crippen LogP contribution in [-0.4, -0.2) is 48.9 Å². The fraction of sp³-hybridized carbons (Fsp3) is 0.136. The van der Waals surface area contributed by atoms with Crippen LogP contribution in [0.5, 0.6) is 5.75 Å². The Hall–Kier alpha value is -4.67. The highest BCUT2D eigenvalue weighted by atomic mass is 16.5. The molecule has 170 valence electrons. The Balaban J connectivity index is 1.91. The molecule has 0 unspecified atom stereocenters. The molecule has 3 rings (SSSR count). The van der Waals surface area contributed by atoms with E-state index >= 15 is 0 Å². The zero-order valence-corrected chi connectivity index (χ0v) is 18.2.